The third-order valence-corrected chi connectivity index (χ3v) is 7.12. The summed E-state index contributed by atoms with van der Waals surface area (Å²) in [5.41, 5.74) is 0.541. The number of halogens is 1. The molecule has 2 aromatic heterocycles. The Morgan fingerprint density at radius 1 is 1.09 bits per heavy atom. The lowest BCUT2D eigenvalue weighted by Crippen LogP contribution is -2.10. The third-order valence-electron chi connectivity index (χ3n) is 2.95. The molecule has 0 unspecified atom stereocenters. The molecule has 0 radical (unpaired) electrons. The van der Waals surface area contributed by atoms with E-state index in [2.05, 4.69) is 9.71 Å². The molecule has 10 heteroatoms. The molecular weight excluding hydrogens is 380 g/mol. The number of methoxy groups -OCH3 is 2. The highest BCUT2D eigenvalue weighted by Gasteiger charge is 2.20. The average Bonchev–Trinajstić information content (AvgIpc) is 3.12. The molecule has 2 heterocycles. The number of benzene rings is 1. The molecule has 1 aromatic carbocycles. The maximum Gasteiger partial charge on any atom is 0.273 e. The molecule has 0 aliphatic carbocycles. The van der Waals surface area contributed by atoms with Crippen LogP contribution in [0.2, 0.25) is 4.34 Å². The van der Waals surface area contributed by atoms with Gasteiger partial charge in [-0.2, -0.15) is 0 Å². The highest BCUT2D eigenvalue weighted by molar-refractivity contribution is 7.95. The largest absolute Gasteiger partial charge is 0.495 e. The van der Waals surface area contributed by atoms with E-state index < -0.39 is 10.0 Å². The number of hydrogen-bond acceptors (Lipinski definition) is 7. The summed E-state index contributed by atoms with van der Waals surface area (Å²) in [5.74, 6) is 1.14. The van der Waals surface area contributed by atoms with Gasteiger partial charge in [0.1, 0.15) is 25.9 Å². The van der Waals surface area contributed by atoms with Crippen molar-refractivity contribution >= 4 is 59.6 Å². The van der Waals surface area contributed by atoms with Gasteiger partial charge in [0.2, 0.25) is 0 Å². The van der Waals surface area contributed by atoms with Crippen LogP contribution in [0.5, 0.6) is 11.5 Å². The predicted octanol–water partition coefficient (Wildman–Crippen LogP) is 3.83. The smallest absolute Gasteiger partial charge is 0.273 e. The van der Waals surface area contributed by atoms with Crippen LogP contribution < -0.4 is 14.2 Å². The number of nitrogens with one attached hydrogen (secondary N) is 1. The molecule has 0 aliphatic heterocycles. The predicted molar refractivity (Wildman–Crippen MR) is 92.9 cm³/mol. The van der Waals surface area contributed by atoms with E-state index in [1.54, 1.807) is 19.2 Å². The summed E-state index contributed by atoms with van der Waals surface area (Å²) in [6, 6.07) is 6.45. The molecule has 6 nitrogen and oxygen atoms in total. The molecule has 0 bridgehead atoms. The van der Waals surface area contributed by atoms with Crippen molar-refractivity contribution in [3.05, 3.63) is 28.6 Å². The van der Waals surface area contributed by atoms with Crippen LogP contribution >= 0.6 is 34.3 Å². The van der Waals surface area contributed by atoms with Gasteiger partial charge in [0, 0.05) is 0 Å². The van der Waals surface area contributed by atoms with Gasteiger partial charge in [-0.1, -0.05) is 22.9 Å². The second-order valence-corrected chi connectivity index (χ2v) is 8.95. The van der Waals surface area contributed by atoms with E-state index in [9.17, 15) is 8.42 Å². The number of nitrogens with zero attached hydrogens (tertiary/aromatic N) is 1. The molecule has 0 aliphatic rings. The van der Waals surface area contributed by atoms with Crippen LogP contribution in [0.4, 0.5) is 5.13 Å². The number of hydrogen-bond donors (Lipinski definition) is 1. The van der Waals surface area contributed by atoms with Crippen molar-refractivity contribution in [2.24, 2.45) is 0 Å². The lowest BCUT2D eigenvalue weighted by molar-refractivity contribution is 0.410. The zero-order chi connectivity index (χ0) is 16.6. The highest BCUT2D eigenvalue weighted by Crippen LogP contribution is 2.39. The normalized spacial score (nSPS) is 11.6. The van der Waals surface area contributed by atoms with Crippen molar-refractivity contribution in [3.8, 4) is 11.5 Å². The molecule has 23 heavy (non-hydrogen) atoms. The summed E-state index contributed by atoms with van der Waals surface area (Å²) in [6.07, 6.45) is 0. The molecule has 0 saturated carbocycles. The first-order chi connectivity index (χ1) is 10.9. The molecule has 0 saturated heterocycles. The Morgan fingerprint density at radius 3 is 2.39 bits per heavy atom. The van der Waals surface area contributed by atoms with Crippen LogP contribution in [-0.4, -0.2) is 27.6 Å². The van der Waals surface area contributed by atoms with E-state index in [0.29, 0.717) is 26.1 Å². The molecule has 0 fully saturated rings. The Kier molecular flexibility index (Phi) is 4.37. The summed E-state index contributed by atoms with van der Waals surface area (Å²) < 4.78 is 38.9. The Bertz CT molecular complexity index is 924. The van der Waals surface area contributed by atoms with Crippen LogP contribution in [0.25, 0.3) is 10.2 Å². The Balaban J connectivity index is 2.04. The van der Waals surface area contributed by atoms with Gasteiger partial charge < -0.3 is 9.47 Å². The van der Waals surface area contributed by atoms with Crippen LogP contribution in [-0.2, 0) is 10.0 Å². The van der Waals surface area contributed by atoms with Gasteiger partial charge in [-0.15, -0.1) is 11.3 Å². The van der Waals surface area contributed by atoms with E-state index in [0.717, 1.165) is 11.3 Å². The molecule has 0 amide bonds. The van der Waals surface area contributed by atoms with Crippen molar-refractivity contribution in [1.82, 2.24) is 4.98 Å². The fourth-order valence-corrected chi connectivity index (χ4v) is 5.63. The third kappa shape index (κ3) is 3.09. The van der Waals surface area contributed by atoms with Crippen molar-refractivity contribution in [2.45, 2.75) is 4.21 Å². The van der Waals surface area contributed by atoms with E-state index in [1.807, 2.05) is 0 Å². The number of aromatic nitrogens is 1. The minimum atomic E-state index is -3.73. The first-order valence-corrected chi connectivity index (χ1v) is 9.73. The average molecular weight is 391 g/mol. The monoisotopic (exact) mass is 390 g/mol. The van der Waals surface area contributed by atoms with Crippen molar-refractivity contribution < 1.29 is 17.9 Å². The molecule has 3 aromatic rings. The quantitative estimate of drug-likeness (QED) is 0.716. The van der Waals surface area contributed by atoms with Gasteiger partial charge in [0.25, 0.3) is 10.0 Å². The van der Waals surface area contributed by atoms with E-state index in [1.165, 1.54) is 30.6 Å². The van der Waals surface area contributed by atoms with Gasteiger partial charge in [-0.3, -0.25) is 4.72 Å². The SMILES string of the molecule is COc1ccc(OC)c2sc(NS(=O)(=O)c3ccc(Cl)s3)nc12. The van der Waals surface area contributed by atoms with Crippen LogP contribution in [0.3, 0.4) is 0 Å². The van der Waals surface area contributed by atoms with E-state index in [-0.39, 0.29) is 9.34 Å². The molecule has 0 atom stereocenters. The number of thiophene rings is 1. The van der Waals surface area contributed by atoms with E-state index in [4.69, 9.17) is 21.1 Å². The van der Waals surface area contributed by atoms with Gasteiger partial charge in [-0.25, -0.2) is 13.4 Å². The fraction of sp³-hybridized carbons (Fsp3) is 0.154. The summed E-state index contributed by atoms with van der Waals surface area (Å²) in [7, 11) is -0.663. The Morgan fingerprint density at radius 2 is 1.78 bits per heavy atom. The van der Waals surface area contributed by atoms with Gasteiger partial charge in [0.15, 0.2) is 5.13 Å². The van der Waals surface area contributed by atoms with Crippen LogP contribution in [0, 0.1) is 0 Å². The second-order valence-electron chi connectivity index (χ2n) is 4.33. The number of sulfonamides is 1. The first kappa shape index (κ1) is 16.3. The fourth-order valence-electron chi connectivity index (χ4n) is 1.94. The first-order valence-electron chi connectivity index (χ1n) is 6.24. The number of anilines is 1. The molecular formula is C13H11ClN2O4S3. The van der Waals surface area contributed by atoms with Crippen LogP contribution in [0.15, 0.2) is 28.5 Å². The minimum absolute atomic E-state index is 0.126. The van der Waals surface area contributed by atoms with E-state index >= 15 is 0 Å². The zero-order valence-electron chi connectivity index (χ0n) is 12.0. The second kappa shape index (κ2) is 6.16. The van der Waals surface area contributed by atoms with Crippen molar-refractivity contribution in [3.63, 3.8) is 0 Å². The van der Waals surface area contributed by atoms with Crippen molar-refractivity contribution in [2.75, 3.05) is 18.9 Å². The number of ether oxygens (including phenoxy) is 2. The standard InChI is InChI=1S/C13H11ClN2O4S3/c1-19-7-3-4-8(20-2)12-11(7)15-13(22-12)16-23(17,18)10-6-5-9(14)21-10/h3-6H,1-2H3,(H,15,16). The van der Waals surface area contributed by atoms with Gasteiger partial charge in [0.05, 0.1) is 18.6 Å². The Labute approximate surface area is 145 Å². The summed E-state index contributed by atoms with van der Waals surface area (Å²) in [5, 5.41) is 0.229. The van der Waals surface area contributed by atoms with Gasteiger partial charge >= 0.3 is 0 Å². The molecule has 0 spiro atoms. The number of thiazole rings is 1. The molecule has 1 N–H and O–H groups in total. The summed E-state index contributed by atoms with van der Waals surface area (Å²) in [6.45, 7) is 0. The highest BCUT2D eigenvalue weighted by atomic mass is 35.5. The van der Waals surface area contributed by atoms with Gasteiger partial charge in [-0.05, 0) is 24.3 Å². The van der Waals surface area contributed by atoms with Crippen LogP contribution in [0.1, 0.15) is 0 Å². The maximum atomic E-state index is 12.3. The number of fused-ring (bicyclic) bond motifs is 1. The summed E-state index contributed by atoms with van der Waals surface area (Å²) in [4.78, 5) is 4.30. The molecule has 122 valence electrons. The summed E-state index contributed by atoms with van der Waals surface area (Å²) >= 11 is 7.94. The van der Waals surface area contributed by atoms with Crippen molar-refractivity contribution in [1.29, 1.82) is 0 Å². The zero-order valence-corrected chi connectivity index (χ0v) is 15.2. The minimum Gasteiger partial charge on any atom is -0.495 e. The Hall–Kier alpha value is -1.55. The molecule has 3 rings (SSSR count). The topological polar surface area (TPSA) is 77.5 Å². The lowest BCUT2D eigenvalue weighted by atomic mass is 10.3. The maximum absolute atomic E-state index is 12.3. The number of rotatable bonds is 5. The lowest BCUT2D eigenvalue weighted by Gasteiger charge is -2.03.